The molecule has 1 N–H and O–H groups in total. The fraction of sp³-hybridized carbons (Fsp3) is 0.316. The highest BCUT2D eigenvalue weighted by Gasteiger charge is 2.31. The zero-order valence-corrected chi connectivity index (χ0v) is 13.9. The van der Waals surface area contributed by atoms with Crippen molar-refractivity contribution in [1.29, 1.82) is 0 Å². The van der Waals surface area contributed by atoms with E-state index in [9.17, 15) is 14.0 Å². The minimum Gasteiger partial charge on any atom is -0.326 e. The minimum absolute atomic E-state index is 0.0990. The summed E-state index contributed by atoms with van der Waals surface area (Å²) < 4.78 is 14.2. The SMILES string of the molecule is Cc1cc2c(cc1N1CCCC1=O)NC(=O)C[C@H]2c1ccncc1F. The Hall–Kier alpha value is -2.76. The number of pyridine rings is 1. The van der Waals surface area contributed by atoms with E-state index < -0.39 is 5.82 Å². The number of rotatable bonds is 2. The highest BCUT2D eigenvalue weighted by molar-refractivity contribution is 6.00. The molecule has 4 rings (SSSR count). The molecule has 0 radical (unpaired) electrons. The van der Waals surface area contributed by atoms with Crippen LogP contribution in [0.1, 0.15) is 41.9 Å². The largest absolute Gasteiger partial charge is 0.326 e. The van der Waals surface area contributed by atoms with Gasteiger partial charge in [0.25, 0.3) is 0 Å². The van der Waals surface area contributed by atoms with E-state index in [1.807, 2.05) is 19.1 Å². The highest BCUT2D eigenvalue weighted by atomic mass is 19.1. The van der Waals surface area contributed by atoms with Crippen molar-refractivity contribution in [2.75, 3.05) is 16.8 Å². The molecule has 0 bridgehead atoms. The van der Waals surface area contributed by atoms with Gasteiger partial charge in [-0.25, -0.2) is 4.39 Å². The van der Waals surface area contributed by atoms with Crippen LogP contribution in [-0.4, -0.2) is 23.3 Å². The predicted octanol–water partition coefficient (Wildman–Crippen LogP) is 3.13. The van der Waals surface area contributed by atoms with E-state index in [2.05, 4.69) is 10.3 Å². The molecule has 2 aromatic rings. The molecule has 6 heteroatoms. The molecule has 2 aliphatic rings. The molecule has 1 aromatic heterocycles. The van der Waals surface area contributed by atoms with Crippen LogP contribution in [0.3, 0.4) is 0 Å². The lowest BCUT2D eigenvalue weighted by atomic mass is 9.84. The van der Waals surface area contributed by atoms with Crippen LogP contribution < -0.4 is 10.2 Å². The molecule has 0 aliphatic carbocycles. The summed E-state index contributed by atoms with van der Waals surface area (Å²) in [6, 6.07) is 5.42. The molecule has 0 spiro atoms. The number of nitrogens with zero attached hydrogens (tertiary/aromatic N) is 2. The third-order valence-corrected chi connectivity index (χ3v) is 4.95. The van der Waals surface area contributed by atoms with Crippen molar-refractivity contribution in [2.24, 2.45) is 0 Å². The smallest absolute Gasteiger partial charge is 0.227 e. The summed E-state index contributed by atoms with van der Waals surface area (Å²) in [5, 5.41) is 2.87. The topological polar surface area (TPSA) is 62.3 Å². The number of anilines is 2. The normalized spacial score (nSPS) is 19.8. The molecule has 1 atom stereocenters. The Labute approximate surface area is 144 Å². The summed E-state index contributed by atoms with van der Waals surface area (Å²) in [5.41, 5.74) is 3.76. The second kappa shape index (κ2) is 5.95. The summed E-state index contributed by atoms with van der Waals surface area (Å²) >= 11 is 0. The monoisotopic (exact) mass is 339 g/mol. The van der Waals surface area contributed by atoms with E-state index in [0.717, 1.165) is 23.2 Å². The second-order valence-electron chi connectivity index (χ2n) is 6.58. The van der Waals surface area contributed by atoms with Gasteiger partial charge in [-0.3, -0.25) is 14.6 Å². The number of aryl methyl sites for hydroxylation is 1. The Bertz CT molecular complexity index is 881. The number of halogens is 1. The van der Waals surface area contributed by atoms with Gasteiger partial charge in [-0.1, -0.05) is 6.07 Å². The van der Waals surface area contributed by atoms with E-state index in [4.69, 9.17) is 0 Å². The van der Waals surface area contributed by atoms with Crippen LogP contribution in [0.25, 0.3) is 0 Å². The lowest BCUT2D eigenvalue weighted by Gasteiger charge is -2.29. The molecule has 2 amide bonds. The maximum Gasteiger partial charge on any atom is 0.227 e. The Morgan fingerprint density at radius 2 is 2.12 bits per heavy atom. The van der Waals surface area contributed by atoms with Crippen molar-refractivity contribution < 1.29 is 14.0 Å². The number of hydrogen-bond acceptors (Lipinski definition) is 3. The molecule has 25 heavy (non-hydrogen) atoms. The summed E-state index contributed by atoms with van der Waals surface area (Å²) in [5.74, 6) is -0.823. The average molecular weight is 339 g/mol. The molecule has 0 saturated carbocycles. The van der Waals surface area contributed by atoms with Gasteiger partial charge in [0.2, 0.25) is 11.8 Å². The van der Waals surface area contributed by atoms with Gasteiger partial charge in [0, 0.05) is 42.9 Å². The molecule has 1 saturated heterocycles. The van der Waals surface area contributed by atoms with Crippen LogP contribution >= 0.6 is 0 Å². The van der Waals surface area contributed by atoms with Crippen molar-refractivity contribution >= 4 is 23.2 Å². The zero-order chi connectivity index (χ0) is 17.6. The van der Waals surface area contributed by atoms with Crippen LogP contribution in [0.15, 0.2) is 30.6 Å². The average Bonchev–Trinajstić information content (AvgIpc) is 3.00. The van der Waals surface area contributed by atoms with Crippen LogP contribution in [0.5, 0.6) is 0 Å². The van der Waals surface area contributed by atoms with Gasteiger partial charge in [-0.2, -0.15) is 0 Å². The number of benzene rings is 1. The van der Waals surface area contributed by atoms with E-state index in [1.54, 1.807) is 11.0 Å². The van der Waals surface area contributed by atoms with Gasteiger partial charge >= 0.3 is 0 Å². The van der Waals surface area contributed by atoms with Crippen LogP contribution in [0.2, 0.25) is 0 Å². The molecule has 5 nitrogen and oxygen atoms in total. The van der Waals surface area contributed by atoms with E-state index in [-0.39, 0.29) is 24.2 Å². The van der Waals surface area contributed by atoms with Crippen molar-refractivity contribution in [3.05, 3.63) is 53.1 Å². The highest BCUT2D eigenvalue weighted by Crippen LogP contribution is 2.41. The Balaban J connectivity index is 1.82. The lowest BCUT2D eigenvalue weighted by molar-refractivity contribution is -0.117. The summed E-state index contributed by atoms with van der Waals surface area (Å²) in [4.78, 5) is 29.8. The first-order valence-corrected chi connectivity index (χ1v) is 8.39. The Morgan fingerprint density at radius 3 is 2.84 bits per heavy atom. The van der Waals surface area contributed by atoms with Crippen molar-refractivity contribution in [1.82, 2.24) is 4.98 Å². The fourth-order valence-electron chi connectivity index (χ4n) is 3.75. The van der Waals surface area contributed by atoms with E-state index in [1.165, 1.54) is 12.4 Å². The molecule has 128 valence electrons. The number of carbonyl (C=O) groups excluding carboxylic acids is 2. The minimum atomic E-state index is -0.412. The first-order chi connectivity index (χ1) is 12.0. The lowest BCUT2D eigenvalue weighted by Crippen LogP contribution is -2.27. The molecular formula is C19H18FN3O2. The summed E-state index contributed by atoms with van der Waals surface area (Å²) in [6.45, 7) is 2.63. The maximum atomic E-state index is 14.2. The number of hydrogen-bond donors (Lipinski definition) is 1. The van der Waals surface area contributed by atoms with Crippen LogP contribution in [0, 0.1) is 12.7 Å². The number of carbonyl (C=O) groups is 2. The summed E-state index contributed by atoms with van der Waals surface area (Å²) in [6.07, 6.45) is 4.29. The standard InChI is InChI=1S/C19H18FN3O2/c1-11-7-14-13(12-4-5-21-10-15(12)20)8-18(24)22-16(14)9-17(11)23-6-2-3-19(23)25/h4-5,7,9-10,13H,2-3,6,8H2,1H3,(H,22,24)/t13-/m0/s1. The third-order valence-electron chi connectivity index (χ3n) is 4.95. The third kappa shape index (κ3) is 2.67. The molecular weight excluding hydrogens is 321 g/mol. The number of aromatic nitrogens is 1. The maximum absolute atomic E-state index is 14.2. The fourth-order valence-corrected chi connectivity index (χ4v) is 3.75. The van der Waals surface area contributed by atoms with Gasteiger partial charge in [0.05, 0.1) is 6.20 Å². The number of fused-ring (bicyclic) bond motifs is 1. The quantitative estimate of drug-likeness (QED) is 0.914. The van der Waals surface area contributed by atoms with Crippen LogP contribution in [-0.2, 0) is 9.59 Å². The van der Waals surface area contributed by atoms with Crippen molar-refractivity contribution in [2.45, 2.75) is 32.1 Å². The predicted molar refractivity (Wildman–Crippen MR) is 92.1 cm³/mol. The zero-order valence-electron chi connectivity index (χ0n) is 13.9. The molecule has 2 aliphatic heterocycles. The molecule has 1 aromatic carbocycles. The first-order valence-electron chi connectivity index (χ1n) is 8.39. The number of amides is 2. The van der Waals surface area contributed by atoms with Gasteiger partial charge in [0.15, 0.2) is 0 Å². The van der Waals surface area contributed by atoms with E-state index in [0.29, 0.717) is 24.2 Å². The molecule has 1 fully saturated rings. The van der Waals surface area contributed by atoms with Gasteiger partial charge in [0.1, 0.15) is 5.82 Å². The molecule has 3 heterocycles. The summed E-state index contributed by atoms with van der Waals surface area (Å²) in [7, 11) is 0. The van der Waals surface area contributed by atoms with E-state index >= 15 is 0 Å². The Morgan fingerprint density at radius 1 is 1.28 bits per heavy atom. The first kappa shape index (κ1) is 15.7. The second-order valence-corrected chi connectivity index (χ2v) is 6.58. The van der Waals surface area contributed by atoms with Gasteiger partial charge in [-0.05, 0) is 42.2 Å². The van der Waals surface area contributed by atoms with Crippen molar-refractivity contribution in [3.8, 4) is 0 Å². The van der Waals surface area contributed by atoms with Gasteiger partial charge < -0.3 is 10.2 Å². The van der Waals surface area contributed by atoms with Crippen molar-refractivity contribution in [3.63, 3.8) is 0 Å². The Kier molecular flexibility index (Phi) is 3.75. The molecule has 0 unspecified atom stereocenters. The van der Waals surface area contributed by atoms with Gasteiger partial charge in [-0.15, -0.1) is 0 Å². The van der Waals surface area contributed by atoms with Crippen LogP contribution in [0.4, 0.5) is 15.8 Å². The number of nitrogens with one attached hydrogen (secondary N) is 1.